The van der Waals surface area contributed by atoms with E-state index in [2.05, 4.69) is 4.98 Å². The van der Waals surface area contributed by atoms with Gasteiger partial charge in [0.05, 0.1) is 4.92 Å². The van der Waals surface area contributed by atoms with Gasteiger partial charge in [-0.3, -0.25) is 10.1 Å². The zero-order chi connectivity index (χ0) is 14.3. The number of nitriles is 1. The lowest BCUT2D eigenvalue weighted by atomic mass is 10.2. The van der Waals surface area contributed by atoms with Gasteiger partial charge < -0.3 is 10.0 Å². The highest BCUT2D eigenvalue weighted by molar-refractivity contribution is 5.65. The van der Waals surface area contributed by atoms with Crippen molar-refractivity contribution in [3.8, 4) is 6.07 Å². The summed E-state index contributed by atoms with van der Waals surface area (Å²) in [6.45, 7) is 0.731. The van der Waals surface area contributed by atoms with Crippen molar-refractivity contribution in [2.75, 3.05) is 25.1 Å². The summed E-state index contributed by atoms with van der Waals surface area (Å²) in [5.41, 5.74) is -0.244. The zero-order valence-corrected chi connectivity index (χ0v) is 10.7. The minimum Gasteiger partial charge on any atom is -0.396 e. The predicted octanol–water partition coefficient (Wildman–Crippen LogP) is 1.46. The van der Waals surface area contributed by atoms with Crippen molar-refractivity contribution in [2.45, 2.75) is 19.3 Å². The molecule has 0 bridgehead atoms. The molecule has 0 unspecified atom stereocenters. The summed E-state index contributed by atoms with van der Waals surface area (Å²) < 4.78 is 0. The van der Waals surface area contributed by atoms with E-state index in [1.165, 1.54) is 12.3 Å². The molecule has 102 valence electrons. The average Bonchev–Trinajstić information content (AvgIpc) is 2.42. The van der Waals surface area contributed by atoms with Crippen molar-refractivity contribution < 1.29 is 10.0 Å². The molecule has 0 fully saturated rings. The Morgan fingerprint density at radius 3 is 2.84 bits per heavy atom. The third-order valence-corrected chi connectivity index (χ3v) is 2.72. The lowest BCUT2D eigenvalue weighted by Crippen LogP contribution is -2.21. The number of aliphatic hydroxyl groups is 1. The fourth-order valence-corrected chi connectivity index (χ4v) is 1.74. The monoisotopic (exact) mass is 264 g/mol. The van der Waals surface area contributed by atoms with Crippen LogP contribution in [0.1, 0.15) is 24.8 Å². The van der Waals surface area contributed by atoms with Crippen molar-refractivity contribution >= 4 is 11.5 Å². The number of unbranched alkanes of at least 4 members (excludes halogenated alkanes) is 2. The quantitative estimate of drug-likeness (QED) is 0.454. The van der Waals surface area contributed by atoms with Crippen molar-refractivity contribution in [1.29, 1.82) is 5.26 Å². The molecule has 19 heavy (non-hydrogen) atoms. The first-order valence-electron chi connectivity index (χ1n) is 5.97. The largest absolute Gasteiger partial charge is 0.396 e. The number of hydrogen-bond acceptors (Lipinski definition) is 6. The van der Waals surface area contributed by atoms with Gasteiger partial charge in [-0.25, -0.2) is 4.98 Å². The molecule has 0 atom stereocenters. The van der Waals surface area contributed by atoms with Gasteiger partial charge in [-0.15, -0.1) is 0 Å². The predicted molar refractivity (Wildman–Crippen MR) is 69.8 cm³/mol. The van der Waals surface area contributed by atoms with Crippen LogP contribution in [0.5, 0.6) is 0 Å². The van der Waals surface area contributed by atoms with Crippen LogP contribution >= 0.6 is 0 Å². The maximum absolute atomic E-state index is 11.0. The molecule has 1 heterocycles. The maximum Gasteiger partial charge on any atom is 0.329 e. The molecular formula is C12H16N4O3. The van der Waals surface area contributed by atoms with Crippen LogP contribution in [-0.2, 0) is 0 Å². The maximum atomic E-state index is 11.0. The zero-order valence-electron chi connectivity index (χ0n) is 10.7. The van der Waals surface area contributed by atoms with E-state index in [9.17, 15) is 10.1 Å². The van der Waals surface area contributed by atoms with Crippen molar-refractivity contribution in [2.24, 2.45) is 0 Å². The number of aromatic nitrogens is 1. The van der Waals surface area contributed by atoms with E-state index < -0.39 is 4.92 Å². The van der Waals surface area contributed by atoms with E-state index in [0.717, 1.165) is 12.8 Å². The second kappa shape index (κ2) is 7.28. The van der Waals surface area contributed by atoms with Crippen molar-refractivity contribution in [1.82, 2.24) is 4.98 Å². The summed E-state index contributed by atoms with van der Waals surface area (Å²) in [5.74, 6) is 0.202. The molecule has 0 aliphatic heterocycles. The molecule has 0 saturated carbocycles. The Bertz CT molecular complexity index is 484. The van der Waals surface area contributed by atoms with Crippen LogP contribution in [0.25, 0.3) is 0 Å². The first-order valence-corrected chi connectivity index (χ1v) is 5.97. The van der Waals surface area contributed by atoms with Gasteiger partial charge in [0.25, 0.3) is 0 Å². The number of nitro groups is 1. The van der Waals surface area contributed by atoms with Gasteiger partial charge in [-0.1, -0.05) is 0 Å². The molecule has 0 aromatic carbocycles. The molecule has 0 spiro atoms. The first kappa shape index (κ1) is 14.9. The Balaban J connectivity index is 2.87. The molecule has 1 aromatic rings. The number of hydrogen-bond donors (Lipinski definition) is 1. The Morgan fingerprint density at radius 2 is 2.26 bits per heavy atom. The highest BCUT2D eigenvalue weighted by Gasteiger charge is 2.23. The Hall–Kier alpha value is -2.20. The summed E-state index contributed by atoms with van der Waals surface area (Å²) in [6, 6.07) is 3.14. The number of rotatable bonds is 7. The molecule has 1 N–H and O–H groups in total. The molecule has 0 radical (unpaired) electrons. The fourth-order valence-electron chi connectivity index (χ4n) is 1.74. The van der Waals surface area contributed by atoms with E-state index in [1.54, 1.807) is 11.9 Å². The molecular weight excluding hydrogens is 248 g/mol. The minimum absolute atomic E-state index is 0.0113. The third kappa shape index (κ3) is 3.89. The standard InChI is InChI=1S/C12H16N4O3/c1-15(7-3-2-4-8-17)12-11(16(18)19)10(9-13)5-6-14-12/h5-6,17H,2-4,7-8H2,1H3. The van der Waals surface area contributed by atoms with Crippen LogP contribution in [0.4, 0.5) is 11.5 Å². The van der Waals surface area contributed by atoms with Crippen LogP contribution in [-0.4, -0.2) is 35.2 Å². The second-order valence-corrected chi connectivity index (χ2v) is 4.11. The van der Waals surface area contributed by atoms with E-state index in [-0.39, 0.29) is 23.7 Å². The van der Waals surface area contributed by atoms with Crippen molar-refractivity contribution in [3.63, 3.8) is 0 Å². The SMILES string of the molecule is CN(CCCCCO)c1nccc(C#N)c1[N+](=O)[O-]. The molecule has 0 saturated heterocycles. The number of anilines is 1. The van der Waals surface area contributed by atoms with Crippen LogP contribution < -0.4 is 4.90 Å². The van der Waals surface area contributed by atoms with Crippen molar-refractivity contribution in [3.05, 3.63) is 27.9 Å². The fraction of sp³-hybridized carbons (Fsp3) is 0.500. The molecule has 7 nitrogen and oxygen atoms in total. The third-order valence-electron chi connectivity index (χ3n) is 2.72. The molecule has 1 aromatic heterocycles. The number of aliphatic hydroxyl groups excluding tert-OH is 1. The van der Waals surface area contributed by atoms with Crippen LogP contribution in [0.3, 0.4) is 0 Å². The van der Waals surface area contributed by atoms with Gasteiger partial charge in [0, 0.05) is 26.4 Å². The lowest BCUT2D eigenvalue weighted by Gasteiger charge is -2.17. The number of pyridine rings is 1. The Morgan fingerprint density at radius 1 is 1.53 bits per heavy atom. The molecule has 7 heteroatoms. The van der Waals surface area contributed by atoms with E-state index in [4.69, 9.17) is 10.4 Å². The smallest absolute Gasteiger partial charge is 0.329 e. The second-order valence-electron chi connectivity index (χ2n) is 4.11. The van der Waals surface area contributed by atoms with Gasteiger partial charge in [-0.2, -0.15) is 5.26 Å². The van der Waals surface area contributed by atoms with E-state index in [0.29, 0.717) is 13.0 Å². The minimum atomic E-state index is -0.578. The summed E-state index contributed by atoms with van der Waals surface area (Å²) in [6.07, 6.45) is 3.74. The highest BCUT2D eigenvalue weighted by Crippen LogP contribution is 2.28. The van der Waals surface area contributed by atoms with E-state index in [1.807, 2.05) is 6.07 Å². The Kier molecular flexibility index (Phi) is 5.70. The summed E-state index contributed by atoms with van der Waals surface area (Å²) in [5, 5.41) is 28.6. The summed E-state index contributed by atoms with van der Waals surface area (Å²) in [4.78, 5) is 16.1. The summed E-state index contributed by atoms with van der Waals surface area (Å²) >= 11 is 0. The average molecular weight is 264 g/mol. The molecule has 1 rings (SSSR count). The Labute approximate surface area is 111 Å². The van der Waals surface area contributed by atoms with E-state index >= 15 is 0 Å². The van der Waals surface area contributed by atoms with Gasteiger partial charge >= 0.3 is 5.69 Å². The van der Waals surface area contributed by atoms with Gasteiger partial charge in [0.2, 0.25) is 5.82 Å². The summed E-state index contributed by atoms with van der Waals surface area (Å²) in [7, 11) is 1.70. The van der Waals surface area contributed by atoms with Gasteiger partial charge in [-0.05, 0) is 25.3 Å². The molecule has 0 amide bonds. The first-order chi connectivity index (χ1) is 9.11. The lowest BCUT2D eigenvalue weighted by molar-refractivity contribution is -0.384. The molecule has 0 aliphatic carbocycles. The normalized spacial score (nSPS) is 9.95. The van der Waals surface area contributed by atoms with Gasteiger partial charge in [0.15, 0.2) is 0 Å². The van der Waals surface area contributed by atoms with Crippen LogP contribution in [0.15, 0.2) is 12.3 Å². The molecule has 0 aliphatic rings. The van der Waals surface area contributed by atoms with Gasteiger partial charge in [0.1, 0.15) is 11.6 Å². The topological polar surface area (TPSA) is 103 Å². The van der Waals surface area contributed by atoms with Crippen LogP contribution in [0.2, 0.25) is 0 Å². The highest BCUT2D eigenvalue weighted by atomic mass is 16.6. The van der Waals surface area contributed by atoms with Crippen LogP contribution in [0, 0.1) is 21.4 Å². The number of nitrogens with zero attached hydrogens (tertiary/aromatic N) is 4.